The number of aryl methyl sites for hydroxylation is 1. The summed E-state index contributed by atoms with van der Waals surface area (Å²) < 4.78 is 1.58. The second-order valence-corrected chi connectivity index (χ2v) is 8.03. The van der Waals surface area contributed by atoms with Gasteiger partial charge in [-0.1, -0.05) is 48.5 Å². The normalized spacial score (nSPS) is 12.1. The van der Waals surface area contributed by atoms with E-state index in [0.717, 1.165) is 17.7 Å². The summed E-state index contributed by atoms with van der Waals surface area (Å²) in [7, 11) is 0. The zero-order chi connectivity index (χ0) is 20.3. The Balaban J connectivity index is 2.08. The molecule has 0 aliphatic rings. The summed E-state index contributed by atoms with van der Waals surface area (Å²) >= 11 is 7.33. The highest BCUT2D eigenvalue weighted by atomic mass is 35.5. The number of nitrogens with one attached hydrogen (secondary N) is 1. The number of halogens is 1. The molecular formula is C21H22ClN3O2S. The number of fused-ring (bicyclic) bond motifs is 1. The van der Waals surface area contributed by atoms with E-state index in [4.69, 9.17) is 11.6 Å². The quantitative estimate of drug-likeness (QED) is 0.480. The van der Waals surface area contributed by atoms with E-state index < -0.39 is 0 Å². The molecule has 146 valence electrons. The van der Waals surface area contributed by atoms with Gasteiger partial charge in [-0.15, -0.1) is 0 Å². The predicted octanol–water partition coefficient (Wildman–Crippen LogP) is 4.35. The van der Waals surface area contributed by atoms with Crippen molar-refractivity contribution in [3.05, 3.63) is 63.4 Å². The number of hydrogen-bond acceptors (Lipinski definition) is 4. The van der Waals surface area contributed by atoms with Gasteiger partial charge < -0.3 is 5.32 Å². The summed E-state index contributed by atoms with van der Waals surface area (Å²) in [5.74, 6) is 0.0884. The van der Waals surface area contributed by atoms with Gasteiger partial charge in [-0.25, -0.2) is 4.98 Å². The Morgan fingerprint density at radius 3 is 2.75 bits per heavy atom. The molecular weight excluding hydrogens is 394 g/mol. The van der Waals surface area contributed by atoms with Crippen LogP contribution in [0.4, 0.5) is 0 Å². The first-order valence-corrected chi connectivity index (χ1v) is 10.5. The minimum absolute atomic E-state index is 0.0869. The van der Waals surface area contributed by atoms with Crippen LogP contribution >= 0.6 is 23.4 Å². The van der Waals surface area contributed by atoms with Crippen molar-refractivity contribution in [3.8, 4) is 5.69 Å². The lowest BCUT2D eigenvalue weighted by Crippen LogP contribution is -2.33. The molecule has 3 rings (SSSR count). The average molecular weight is 416 g/mol. The van der Waals surface area contributed by atoms with E-state index in [1.807, 2.05) is 45.0 Å². The zero-order valence-corrected chi connectivity index (χ0v) is 17.6. The molecule has 1 aromatic heterocycles. The minimum Gasteiger partial charge on any atom is -0.353 e. The molecule has 0 fully saturated rings. The van der Waals surface area contributed by atoms with Gasteiger partial charge in [0.05, 0.1) is 22.3 Å². The van der Waals surface area contributed by atoms with E-state index in [2.05, 4.69) is 10.3 Å². The van der Waals surface area contributed by atoms with Crippen LogP contribution < -0.4 is 10.9 Å². The maximum Gasteiger partial charge on any atom is 0.266 e. The van der Waals surface area contributed by atoms with Crippen LogP contribution in [-0.2, 0) is 4.79 Å². The highest BCUT2D eigenvalue weighted by Crippen LogP contribution is 2.24. The molecule has 0 aliphatic carbocycles. The number of benzene rings is 2. The third kappa shape index (κ3) is 4.39. The monoisotopic (exact) mass is 415 g/mol. The lowest BCUT2D eigenvalue weighted by molar-refractivity contribution is -0.119. The van der Waals surface area contributed by atoms with Gasteiger partial charge in [0.1, 0.15) is 0 Å². The number of carbonyl (C=O) groups is 1. The van der Waals surface area contributed by atoms with Gasteiger partial charge in [-0.3, -0.25) is 14.2 Å². The van der Waals surface area contributed by atoms with Gasteiger partial charge in [0.25, 0.3) is 5.56 Å². The van der Waals surface area contributed by atoms with E-state index in [0.29, 0.717) is 21.1 Å². The lowest BCUT2D eigenvalue weighted by atomic mass is 10.2. The molecule has 2 aromatic carbocycles. The van der Waals surface area contributed by atoms with Crippen molar-refractivity contribution >= 4 is 40.2 Å². The first-order valence-electron chi connectivity index (χ1n) is 9.11. The first kappa shape index (κ1) is 20.4. The molecule has 1 N–H and O–H groups in total. The predicted molar refractivity (Wildman–Crippen MR) is 116 cm³/mol. The smallest absolute Gasteiger partial charge is 0.266 e. The van der Waals surface area contributed by atoms with Crippen molar-refractivity contribution in [1.82, 2.24) is 14.9 Å². The molecule has 28 heavy (non-hydrogen) atoms. The molecule has 0 radical (unpaired) electrons. The lowest BCUT2D eigenvalue weighted by Gasteiger charge is -2.16. The van der Waals surface area contributed by atoms with Crippen LogP contribution in [0.5, 0.6) is 0 Å². The van der Waals surface area contributed by atoms with Crippen molar-refractivity contribution in [2.24, 2.45) is 0 Å². The van der Waals surface area contributed by atoms with Gasteiger partial charge >= 0.3 is 0 Å². The van der Waals surface area contributed by atoms with Crippen LogP contribution in [0.15, 0.2) is 52.4 Å². The number of para-hydroxylation sites is 1. The van der Waals surface area contributed by atoms with E-state index >= 15 is 0 Å². The molecule has 0 saturated carbocycles. The zero-order valence-electron chi connectivity index (χ0n) is 16.0. The Morgan fingerprint density at radius 2 is 2.04 bits per heavy atom. The second-order valence-electron chi connectivity index (χ2n) is 6.65. The molecule has 1 amide bonds. The number of thioether (sulfide) groups is 1. The molecule has 0 spiro atoms. The van der Waals surface area contributed by atoms with Crippen LogP contribution in [-0.4, -0.2) is 27.3 Å². The third-order valence-electron chi connectivity index (χ3n) is 4.51. The van der Waals surface area contributed by atoms with Crippen LogP contribution in [0.2, 0.25) is 5.02 Å². The Bertz CT molecular complexity index is 1080. The van der Waals surface area contributed by atoms with E-state index in [1.54, 1.807) is 22.8 Å². The van der Waals surface area contributed by atoms with Crippen LogP contribution in [0.1, 0.15) is 25.8 Å². The summed E-state index contributed by atoms with van der Waals surface area (Å²) in [5, 5.41) is 4.40. The first-order chi connectivity index (χ1) is 13.4. The summed E-state index contributed by atoms with van der Waals surface area (Å²) in [6.45, 7) is 5.92. The third-order valence-corrected chi connectivity index (χ3v) is 5.68. The van der Waals surface area contributed by atoms with Gasteiger partial charge in [0, 0.05) is 11.1 Å². The summed E-state index contributed by atoms with van der Waals surface area (Å²) in [6, 6.07) is 12.8. The maximum atomic E-state index is 13.2. The highest BCUT2D eigenvalue weighted by Gasteiger charge is 2.16. The Kier molecular flexibility index (Phi) is 6.42. The molecule has 0 saturated heterocycles. The second kappa shape index (κ2) is 8.80. The fraction of sp³-hybridized carbons (Fsp3) is 0.286. The molecule has 0 unspecified atom stereocenters. The fourth-order valence-corrected chi connectivity index (χ4v) is 3.79. The summed E-state index contributed by atoms with van der Waals surface area (Å²) in [5.41, 5.74) is 2.04. The molecule has 3 aromatic rings. The number of hydrogen-bond donors (Lipinski definition) is 1. The number of nitrogens with zero attached hydrogens (tertiary/aromatic N) is 2. The van der Waals surface area contributed by atoms with Crippen molar-refractivity contribution in [2.45, 2.75) is 38.4 Å². The number of carbonyl (C=O) groups excluding carboxylic acids is 1. The molecule has 0 bridgehead atoms. The highest BCUT2D eigenvalue weighted by molar-refractivity contribution is 7.99. The van der Waals surface area contributed by atoms with Crippen LogP contribution in [0.25, 0.3) is 16.6 Å². The maximum absolute atomic E-state index is 13.2. The van der Waals surface area contributed by atoms with Crippen molar-refractivity contribution in [2.75, 3.05) is 5.75 Å². The topological polar surface area (TPSA) is 64.0 Å². The minimum atomic E-state index is -0.180. The van der Waals surface area contributed by atoms with Gasteiger partial charge in [-0.05, 0) is 50.1 Å². The molecule has 0 aliphatic heterocycles. The summed E-state index contributed by atoms with van der Waals surface area (Å²) in [4.78, 5) is 30.1. The number of rotatable bonds is 6. The van der Waals surface area contributed by atoms with Crippen molar-refractivity contribution < 1.29 is 4.79 Å². The summed E-state index contributed by atoms with van der Waals surface area (Å²) in [6.07, 6.45) is 0.858. The number of amides is 1. The van der Waals surface area contributed by atoms with Gasteiger partial charge in [0.15, 0.2) is 5.16 Å². The largest absolute Gasteiger partial charge is 0.353 e. The number of aromatic nitrogens is 2. The van der Waals surface area contributed by atoms with Gasteiger partial charge in [-0.2, -0.15) is 0 Å². The van der Waals surface area contributed by atoms with Crippen molar-refractivity contribution in [1.29, 1.82) is 0 Å². The van der Waals surface area contributed by atoms with Crippen LogP contribution in [0.3, 0.4) is 0 Å². The Morgan fingerprint density at radius 1 is 1.29 bits per heavy atom. The Hall–Kier alpha value is -2.31. The molecule has 5 nitrogen and oxygen atoms in total. The molecule has 1 atom stereocenters. The Labute approximate surface area is 173 Å². The molecule has 1 heterocycles. The van der Waals surface area contributed by atoms with E-state index in [1.165, 1.54) is 11.8 Å². The van der Waals surface area contributed by atoms with Gasteiger partial charge in [0.2, 0.25) is 5.91 Å². The SMILES string of the molecule is CC[C@@H](C)NC(=O)CSc1nc2cc(Cl)ccc2c(=O)n1-c1ccccc1C. The van der Waals surface area contributed by atoms with E-state index in [9.17, 15) is 9.59 Å². The van der Waals surface area contributed by atoms with Crippen LogP contribution in [0, 0.1) is 6.92 Å². The molecule has 7 heteroatoms. The van der Waals surface area contributed by atoms with Crippen molar-refractivity contribution in [3.63, 3.8) is 0 Å². The standard InChI is InChI=1S/C21H22ClN3O2S/c1-4-14(3)23-19(26)12-28-21-24-17-11-15(22)9-10-16(17)20(27)25(21)18-8-6-5-7-13(18)2/h5-11,14H,4,12H2,1-3H3,(H,23,26)/t14-/m1/s1. The van der Waals surface area contributed by atoms with E-state index in [-0.39, 0.29) is 23.3 Å². The fourth-order valence-electron chi connectivity index (χ4n) is 2.81. The average Bonchev–Trinajstić information content (AvgIpc) is 2.67.